The molecule has 0 heterocycles. The van der Waals surface area contributed by atoms with Crippen molar-refractivity contribution < 1.29 is 5.11 Å². The second-order valence-electron chi connectivity index (χ2n) is 3.90. The first kappa shape index (κ1) is 10.0. The summed E-state index contributed by atoms with van der Waals surface area (Å²) in [6.07, 6.45) is 3.26. The zero-order valence-electron chi connectivity index (χ0n) is 9.03. The van der Waals surface area contributed by atoms with E-state index >= 15 is 0 Å². The molecule has 0 radical (unpaired) electrons. The minimum Gasteiger partial charge on any atom is -0.507 e. The number of hydrogen-bond acceptors (Lipinski definition) is 1. The Morgan fingerprint density at radius 2 is 1.87 bits per heavy atom. The van der Waals surface area contributed by atoms with E-state index in [1.54, 1.807) is 0 Å². The number of aromatic hydroxyl groups is 1. The minimum atomic E-state index is 0.460. The van der Waals surface area contributed by atoms with Gasteiger partial charge in [-0.25, -0.2) is 0 Å². The van der Waals surface area contributed by atoms with Crippen molar-refractivity contribution in [1.82, 2.24) is 0 Å². The third-order valence-corrected chi connectivity index (χ3v) is 2.78. The number of unbranched alkanes of at least 4 members (excludes halogenated alkanes) is 1. The molecule has 0 unspecified atom stereocenters. The molecule has 0 atom stereocenters. The monoisotopic (exact) mass is 200 g/mol. The molecule has 2 aromatic carbocycles. The van der Waals surface area contributed by atoms with Gasteiger partial charge in [-0.15, -0.1) is 0 Å². The van der Waals surface area contributed by atoms with Crippen LogP contribution in [0.3, 0.4) is 0 Å². The van der Waals surface area contributed by atoms with E-state index in [2.05, 4.69) is 13.0 Å². The van der Waals surface area contributed by atoms with Gasteiger partial charge < -0.3 is 5.11 Å². The van der Waals surface area contributed by atoms with Gasteiger partial charge in [0.25, 0.3) is 0 Å². The van der Waals surface area contributed by atoms with Crippen molar-refractivity contribution in [3.05, 3.63) is 42.0 Å². The maximum Gasteiger partial charge on any atom is 0.126 e. The van der Waals surface area contributed by atoms with Crippen LogP contribution in [0.15, 0.2) is 36.4 Å². The summed E-state index contributed by atoms with van der Waals surface area (Å²) < 4.78 is 0. The standard InChI is InChI=1S/C14H16O/c1-2-3-6-12-10-9-11-7-4-5-8-13(11)14(12)15/h4-5,7-10,15H,2-3,6H2,1H3. The molecule has 0 saturated carbocycles. The Morgan fingerprint density at radius 1 is 1.07 bits per heavy atom. The summed E-state index contributed by atoms with van der Waals surface area (Å²) in [5, 5.41) is 12.1. The van der Waals surface area contributed by atoms with E-state index < -0.39 is 0 Å². The van der Waals surface area contributed by atoms with Crippen LogP contribution in [0.5, 0.6) is 5.75 Å². The average Bonchev–Trinajstić information content (AvgIpc) is 2.29. The number of rotatable bonds is 3. The first-order chi connectivity index (χ1) is 7.33. The minimum absolute atomic E-state index is 0.460. The highest BCUT2D eigenvalue weighted by Gasteiger charge is 2.04. The number of phenolic OH excluding ortho intramolecular Hbond substituents is 1. The Labute approximate surface area is 90.4 Å². The lowest BCUT2D eigenvalue weighted by Gasteiger charge is -2.07. The fraction of sp³-hybridized carbons (Fsp3) is 0.286. The van der Waals surface area contributed by atoms with Crippen LogP contribution in [0, 0.1) is 0 Å². The van der Waals surface area contributed by atoms with Gasteiger partial charge in [-0.2, -0.15) is 0 Å². The van der Waals surface area contributed by atoms with Gasteiger partial charge in [-0.05, 0) is 23.8 Å². The molecule has 2 rings (SSSR count). The van der Waals surface area contributed by atoms with Crippen molar-refractivity contribution in [2.45, 2.75) is 26.2 Å². The van der Waals surface area contributed by atoms with Crippen LogP contribution >= 0.6 is 0 Å². The molecular weight excluding hydrogens is 184 g/mol. The van der Waals surface area contributed by atoms with Crippen molar-refractivity contribution >= 4 is 10.8 Å². The fourth-order valence-corrected chi connectivity index (χ4v) is 1.87. The Kier molecular flexibility index (Phi) is 2.91. The van der Waals surface area contributed by atoms with Crippen molar-refractivity contribution in [2.24, 2.45) is 0 Å². The summed E-state index contributed by atoms with van der Waals surface area (Å²) in [5.41, 5.74) is 1.07. The van der Waals surface area contributed by atoms with Crippen LogP contribution in [0.1, 0.15) is 25.3 Å². The SMILES string of the molecule is CCCCc1ccc2ccccc2c1O. The van der Waals surface area contributed by atoms with E-state index in [0.717, 1.165) is 35.6 Å². The Hall–Kier alpha value is -1.50. The van der Waals surface area contributed by atoms with E-state index in [1.807, 2.05) is 30.3 Å². The molecule has 1 N–H and O–H groups in total. The van der Waals surface area contributed by atoms with Crippen molar-refractivity contribution in [3.63, 3.8) is 0 Å². The third-order valence-electron chi connectivity index (χ3n) is 2.78. The van der Waals surface area contributed by atoms with Gasteiger partial charge in [0.05, 0.1) is 0 Å². The summed E-state index contributed by atoms with van der Waals surface area (Å²) >= 11 is 0. The highest BCUT2D eigenvalue weighted by molar-refractivity contribution is 5.89. The van der Waals surface area contributed by atoms with E-state index in [-0.39, 0.29) is 0 Å². The van der Waals surface area contributed by atoms with Gasteiger partial charge in [0.1, 0.15) is 5.75 Å². The van der Waals surface area contributed by atoms with Crippen LogP contribution in [0.2, 0.25) is 0 Å². The molecule has 0 aliphatic carbocycles. The smallest absolute Gasteiger partial charge is 0.126 e. The lowest BCUT2D eigenvalue weighted by molar-refractivity contribution is 0.473. The molecule has 1 heteroatoms. The van der Waals surface area contributed by atoms with Crippen LogP contribution in [0.25, 0.3) is 10.8 Å². The molecule has 0 spiro atoms. The lowest BCUT2D eigenvalue weighted by atomic mass is 10.0. The molecule has 15 heavy (non-hydrogen) atoms. The van der Waals surface area contributed by atoms with Gasteiger partial charge in [-0.3, -0.25) is 0 Å². The van der Waals surface area contributed by atoms with Crippen molar-refractivity contribution in [2.75, 3.05) is 0 Å². The molecule has 0 aliphatic rings. The quantitative estimate of drug-likeness (QED) is 0.797. The van der Waals surface area contributed by atoms with E-state index in [1.165, 1.54) is 0 Å². The van der Waals surface area contributed by atoms with Crippen molar-refractivity contribution in [1.29, 1.82) is 0 Å². The first-order valence-electron chi connectivity index (χ1n) is 5.52. The van der Waals surface area contributed by atoms with Gasteiger partial charge in [0.15, 0.2) is 0 Å². The van der Waals surface area contributed by atoms with Gasteiger partial charge in [-0.1, -0.05) is 49.7 Å². The average molecular weight is 200 g/mol. The number of fused-ring (bicyclic) bond motifs is 1. The molecule has 0 aromatic heterocycles. The molecule has 78 valence electrons. The fourth-order valence-electron chi connectivity index (χ4n) is 1.87. The highest BCUT2D eigenvalue weighted by Crippen LogP contribution is 2.29. The van der Waals surface area contributed by atoms with Gasteiger partial charge >= 0.3 is 0 Å². The van der Waals surface area contributed by atoms with Crippen LogP contribution in [-0.4, -0.2) is 5.11 Å². The Balaban J connectivity index is 2.45. The predicted molar refractivity (Wildman–Crippen MR) is 64.2 cm³/mol. The Bertz CT molecular complexity index is 460. The lowest BCUT2D eigenvalue weighted by Crippen LogP contribution is -1.86. The summed E-state index contributed by atoms with van der Waals surface area (Å²) in [6, 6.07) is 12.1. The zero-order valence-corrected chi connectivity index (χ0v) is 9.03. The Morgan fingerprint density at radius 3 is 2.67 bits per heavy atom. The second kappa shape index (κ2) is 4.35. The van der Waals surface area contributed by atoms with E-state index in [9.17, 15) is 5.11 Å². The highest BCUT2D eigenvalue weighted by atomic mass is 16.3. The van der Waals surface area contributed by atoms with Crippen LogP contribution in [0.4, 0.5) is 0 Å². The zero-order chi connectivity index (χ0) is 10.7. The topological polar surface area (TPSA) is 20.2 Å². The maximum atomic E-state index is 10.1. The largest absolute Gasteiger partial charge is 0.507 e. The van der Waals surface area contributed by atoms with Gasteiger partial charge in [0, 0.05) is 5.39 Å². The first-order valence-corrected chi connectivity index (χ1v) is 5.52. The van der Waals surface area contributed by atoms with E-state index in [4.69, 9.17) is 0 Å². The molecule has 0 saturated heterocycles. The summed E-state index contributed by atoms with van der Waals surface area (Å²) in [4.78, 5) is 0. The number of hydrogen-bond donors (Lipinski definition) is 1. The van der Waals surface area contributed by atoms with E-state index in [0.29, 0.717) is 5.75 Å². The van der Waals surface area contributed by atoms with Crippen molar-refractivity contribution in [3.8, 4) is 5.75 Å². The number of benzene rings is 2. The van der Waals surface area contributed by atoms with Crippen LogP contribution < -0.4 is 0 Å². The summed E-state index contributed by atoms with van der Waals surface area (Å²) in [5.74, 6) is 0.460. The van der Waals surface area contributed by atoms with Gasteiger partial charge in [0.2, 0.25) is 0 Å². The van der Waals surface area contributed by atoms with Crippen LogP contribution in [-0.2, 0) is 6.42 Å². The molecule has 2 aromatic rings. The molecule has 0 fully saturated rings. The third kappa shape index (κ3) is 1.96. The molecule has 0 amide bonds. The predicted octanol–water partition coefficient (Wildman–Crippen LogP) is 3.89. The molecule has 0 bridgehead atoms. The molecule has 0 aliphatic heterocycles. The summed E-state index contributed by atoms with van der Waals surface area (Å²) in [7, 11) is 0. The number of aryl methyl sites for hydroxylation is 1. The number of phenols is 1. The second-order valence-corrected chi connectivity index (χ2v) is 3.90. The summed E-state index contributed by atoms with van der Waals surface area (Å²) in [6.45, 7) is 2.16. The molecular formula is C14H16O. The molecule has 1 nitrogen and oxygen atoms in total. The maximum absolute atomic E-state index is 10.1. The normalized spacial score (nSPS) is 10.7.